The maximum absolute atomic E-state index is 12.4. The number of piperidine rings is 1. The number of carbonyl (C=O) groups is 3. The van der Waals surface area contributed by atoms with Crippen molar-refractivity contribution >= 4 is 35.2 Å². The summed E-state index contributed by atoms with van der Waals surface area (Å²) in [4.78, 5) is 39.5. The summed E-state index contributed by atoms with van der Waals surface area (Å²) in [7, 11) is 0. The highest BCUT2D eigenvalue weighted by molar-refractivity contribution is 6.30. The minimum Gasteiger partial charge on any atom is -0.450 e. The number of rotatable bonds is 5. The van der Waals surface area contributed by atoms with Gasteiger partial charge in [0.25, 0.3) is 0 Å². The molecular formula is C19H26ClN3O4. The van der Waals surface area contributed by atoms with Crippen molar-refractivity contribution in [2.45, 2.75) is 39.7 Å². The minimum atomic E-state index is -0.332. The summed E-state index contributed by atoms with van der Waals surface area (Å²) < 4.78 is 5.01. The molecule has 1 aromatic carbocycles. The average molecular weight is 396 g/mol. The quantitative estimate of drug-likeness (QED) is 0.831. The molecule has 0 saturated carbocycles. The Morgan fingerprint density at radius 1 is 1.30 bits per heavy atom. The second-order valence-corrected chi connectivity index (χ2v) is 7.01. The van der Waals surface area contributed by atoms with E-state index in [1.165, 1.54) is 6.92 Å². The van der Waals surface area contributed by atoms with Gasteiger partial charge in [-0.1, -0.05) is 11.6 Å². The van der Waals surface area contributed by atoms with E-state index >= 15 is 0 Å². The van der Waals surface area contributed by atoms with Gasteiger partial charge in [0.2, 0.25) is 11.8 Å². The number of halogens is 1. The van der Waals surface area contributed by atoms with E-state index in [1.54, 1.807) is 34.9 Å². The predicted octanol–water partition coefficient (Wildman–Crippen LogP) is 3.06. The van der Waals surface area contributed by atoms with Crippen LogP contribution < -0.4 is 5.32 Å². The van der Waals surface area contributed by atoms with Crippen LogP contribution in [-0.2, 0) is 14.3 Å². The molecule has 0 atom stereocenters. The zero-order valence-corrected chi connectivity index (χ0v) is 16.7. The highest BCUT2D eigenvalue weighted by atomic mass is 35.5. The van der Waals surface area contributed by atoms with Gasteiger partial charge in [-0.2, -0.15) is 0 Å². The molecule has 0 unspecified atom stereocenters. The van der Waals surface area contributed by atoms with Gasteiger partial charge in [0.1, 0.15) is 6.54 Å². The summed E-state index contributed by atoms with van der Waals surface area (Å²) in [6.45, 7) is 6.40. The standard InChI is InChI=1S/C19H26ClN3O4/c1-4-27-19(26)22-9-7-16(8-10-22)23(14(3)24)12-18(25)21-17-6-5-15(20)11-13(17)2/h5-6,11,16H,4,7-10,12H2,1-3H3,(H,21,25). The van der Waals surface area contributed by atoms with Gasteiger partial charge < -0.3 is 19.9 Å². The van der Waals surface area contributed by atoms with Gasteiger partial charge in [0.05, 0.1) is 6.61 Å². The molecule has 27 heavy (non-hydrogen) atoms. The Labute approximate surface area is 164 Å². The van der Waals surface area contributed by atoms with E-state index in [1.807, 2.05) is 6.92 Å². The van der Waals surface area contributed by atoms with Crippen molar-refractivity contribution in [3.8, 4) is 0 Å². The number of hydrogen-bond donors (Lipinski definition) is 1. The highest BCUT2D eigenvalue weighted by Gasteiger charge is 2.30. The SMILES string of the molecule is CCOC(=O)N1CCC(N(CC(=O)Nc2ccc(Cl)cc2C)C(C)=O)CC1. The molecule has 8 heteroatoms. The van der Waals surface area contributed by atoms with Gasteiger partial charge in [-0.05, 0) is 50.5 Å². The van der Waals surface area contributed by atoms with Crippen LogP contribution in [0.5, 0.6) is 0 Å². The number of anilines is 1. The molecule has 2 rings (SSSR count). The normalized spacial score (nSPS) is 14.6. The Kier molecular flexibility index (Phi) is 7.47. The third kappa shape index (κ3) is 5.85. The highest BCUT2D eigenvalue weighted by Crippen LogP contribution is 2.21. The van der Waals surface area contributed by atoms with Crippen LogP contribution in [0.1, 0.15) is 32.3 Å². The second kappa shape index (κ2) is 9.60. The van der Waals surface area contributed by atoms with Crippen molar-refractivity contribution < 1.29 is 19.1 Å². The molecule has 0 aliphatic carbocycles. The molecule has 0 spiro atoms. The molecule has 1 aromatic rings. The first-order valence-electron chi connectivity index (χ1n) is 9.06. The Morgan fingerprint density at radius 2 is 1.96 bits per heavy atom. The van der Waals surface area contributed by atoms with Crippen molar-refractivity contribution in [3.63, 3.8) is 0 Å². The Hall–Kier alpha value is -2.28. The van der Waals surface area contributed by atoms with Gasteiger partial charge >= 0.3 is 6.09 Å². The number of carbonyl (C=O) groups excluding carboxylic acids is 3. The van der Waals surface area contributed by atoms with Crippen LogP contribution in [0, 0.1) is 6.92 Å². The van der Waals surface area contributed by atoms with E-state index < -0.39 is 0 Å². The van der Waals surface area contributed by atoms with Crippen molar-refractivity contribution in [3.05, 3.63) is 28.8 Å². The van der Waals surface area contributed by atoms with Crippen LogP contribution in [-0.4, -0.2) is 60.0 Å². The zero-order chi connectivity index (χ0) is 20.0. The lowest BCUT2D eigenvalue weighted by atomic mass is 10.0. The summed E-state index contributed by atoms with van der Waals surface area (Å²) in [5.41, 5.74) is 1.53. The van der Waals surface area contributed by atoms with Crippen molar-refractivity contribution in [2.24, 2.45) is 0 Å². The summed E-state index contributed by atoms with van der Waals surface area (Å²) >= 11 is 5.93. The molecule has 3 amide bonds. The summed E-state index contributed by atoms with van der Waals surface area (Å²) in [5, 5.41) is 3.43. The number of aryl methyl sites for hydroxylation is 1. The van der Waals surface area contributed by atoms with E-state index in [2.05, 4.69) is 5.32 Å². The number of ether oxygens (including phenoxy) is 1. The largest absolute Gasteiger partial charge is 0.450 e. The summed E-state index contributed by atoms with van der Waals surface area (Å²) in [6, 6.07) is 5.14. The number of nitrogens with zero attached hydrogens (tertiary/aromatic N) is 2. The topological polar surface area (TPSA) is 79.0 Å². The third-order valence-corrected chi connectivity index (χ3v) is 4.85. The minimum absolute atomic E-state index is 0.0263. The zero-order valence-electron chi connectivity index (χ0n) is 16.0. The fourth-order valence-corrected chi connectivity index (χ4v) is 3.41. The van der Waals surface area contributed by atoms with Gasteiger partial charge in [-0.3, -0.25) is 9.59 Å². The molecule has 1 heterocycles. The van der Waals surface area contributed by atoms with Crippen LogP contribution in [0.25, 0.3) is 0 Å². The number of likely N-dealkylation sites (tertiary alicyclic amines) is 1. The van der Waals surface area contributed by atoms with E-state index in [4.69, 9.17) is 16.3 Å². The molecule has 1 N–H and O–H groups in total. The van der Waals surface area contributed by atoms with Crippen LogP contribution in [0.3, 0.4) is 0 Å². The Morgan fingerprint density at radius 3 is 2.52 bits per heavy atom. The number of nitrogens with one attached hydrogen (secondary N) is 1. The maximum atomic E-state index is 12.4. The molecule has 0 bridgehead atoms. The lowest BCUT2D eigenvalue weighted by Gasteiger charge is -2.37. The van der Waals surface area contributed by atoms with Crippen molar-refractivity contribution in [1.29, 1.82) is 0 Å². The molecular weight excluding hydrogens is 370 g/mol. The van der Waals surface area contributed by atoms with Crippen LogP contribution in [0.15, 0.2) is 18.2 Å². The average Bonchev–Trinajstić information content (AvgIpc) is 2.62. The lowest BCUT2D eigenvalue weighted by Crippen LogP contribution is -2.50. The van der Waals surface area contributed by atoms with Crippen LogP contribution in [0.2, 0.25) is 5.02 Å². The van der Waals surface area contributed by atoms with Gasteiger partial charge in [-0.15, -0.1) is 0 Å². The first-order chi connectivity index (χ1) is 12.8. The fraction of sp³-hybridized carbons (Fsp3) is 0.526. The molecule has 1 aliphatic heterocycles. The van der Waals surface area contributed by atoms with Gasteiger partial charge in [-0.25, -0.2) is 4.79 Å². The Balaban J connectivity index is 1.94. The van der Waals surface area contributed by atoms with Crippen LogP contribution in [0.4, 0.5) is 10.5 Å². The molecule has 1 fully saturated rings. The van der Waals surface area contributed by atoms with Crippen LogP contribution >= 0.6 is 11.6 Å². The number of benzene rings is 1. The number of hydrogen-bond acceptors (Lipinski definition) is 4. The molecule has 148 valence electrons. The third-order valence-electron chi connectivity index (χ3n) is 4.61. The molecule has 0 aromatic heterocycles. The summed E-state index contributed by atoms with van der Waals surface area (Å²) in [6.07, 6.45) is 0.901. The van der Waals surface area contributed by atoms with E-state index in [-0.39, 0.29) is 30.5 Å². The first-order valence-corrected chi connectivity index (χ1v) is 9.44. The molecule has 7 nitrogen and oxygen atoms in total. The van der Waals surface area contributed by atoms with Crippen molar-refractivity contribution in [1.82, 2.24) is 9.80 Å². The smallest absolute Gasteiger partial charge is 0.409 e. The predicted molar refractivity (Wildman–Crippen MR) is 104 cm³/mol. The maximum Gasteiger partial charge on any atom is 0.409 e. The van der Waals surface area contributed by atoms with E-state index in [9.17, 15) is 14.4 Å². The summed E-state index contributed by atoms with van der Waals surface area (Å²) in [5.74, 6) is -0.420. The second-order valence-electron chi connectivity index (χ2n) is 6.57. The van der Waals surface area contributed by atoms with E-state index in [0.29, 0.717) is 43.2 Å². The Bertz CT molecular complexity index is 702. The molecule has 1 saturated heterocycles. The van der Waals surface area contributed by atoms with Gasteiger partial charge in [0.15, 0.2) is 0 Å². The lowest BCUT2D eigenvalue weighted by molar-refractivity contribution is -0.136. The van der Waals surface area contributed by atoms with Crippen molar-refractivity contribution in [2.75, 3.05) is 31.6 Å². The van der Waals surface area contributed by atoms with Gasteiger partial charge in [0, 0.05) is 36.8 Å². The monoisotopic (exact) mass is 395 g/mol. The molecule has 1 aliphatic rings. The molecule has 0 radical (unpaired) electrons. The fourth-order valence-electron chi connectivity index (χ4n) is 3.18. The van der Waals surface area contributed by atoms with E-state index in [0.717, 1.165) is 5.56 Å². The first kappa shape index (κ1) is 21.0. The number of amides is 3.